The zero-order chi connectivity index (χ0) is 34.3. The second kappa shape index (κ2) is 10.3. The zero-order valence-corrected chi connectivity index (χ0v) is 25.6. The van der Waals surface area contributed by atoms with E-state index in [2.05, 4.69) is 114 Å². The Labute approximate surface area is 280 Å². The van der Waals surface area contributed by atoms with E-state index in [0.717, 1.165) is 83.1 Å². The summed E-state index contributed by atoms with van der Waals surface area (Å²) >= 11 is 0. The molecule has 0 aliphatic heterocycles. The number of para-hydroxylation sites is 4. The van der Waals surface area contributed by atoms with Gasteiger partial charge in [0.1, 0.15) is 28.2 Å². The molecule has 48 heavy (non-hydrogen) atoms. The van der Waals surface area contributed by atoms with Gasteiger partial charge < -0.3 is 8.83 Å². The predicted molar refractivity (Wildman–Crippen MR) is 197 cm³/mol. The maximum absolute atomic E-state index is 7.79. The number of benzene rings is 7. The highest BCUT2D eigenvalue weighted by Crippen LogP contribution is 2.41. The minimum atomic E-state index is -2.19. The van der Waals surface area contributed by atoms with Gasteiger partial charge >= 0.3 is 0 Å². The summed E-state index contributed by atoms with van der Waals surface area (Å²) in [6.07, 6.45) is 0. The lowest BCUT2D eigenvalue weighted by atomic mass is 10.0. The minimum Gasteiger partial charge on any atom is -0.456 e. The third-order valence-electron chi connectivity index (χ3n) is 9.34. The number of furan rings is 2. The number of aryl methyl sites for hydroxylation is 1. The van der Waals surface area contributed by atoms with Gasteiger partial charge in [-0.2, -0.15) is 0 Å². The quantitative estimate of drug-likeness (QED) is 0.197. The number of hydrogen-bond donors (Lipinski definition) is 0. The maximum Gasteiger partial charge on any atom is 0.149 e. The van der Waals surface area contributed by atoms with Gasteiger partial charge in [-0.1, -0.05) is 97.1 Å². The number of hydrogen-bond acceptors (Lipinski definition) is 3. The third kappa shape index (κ3) is 4.06. The summed E-state index contributed by atoms with van der Waals surface area (Å²) in [7, 11) is 0. The van der Waals surface area contributed by atoms with Crippen molar-refractivity contribution in [3.8, 4) is 39.3 Å². The number of aromatic nitrogens is 2. The summed E-state index contributed by atoms with van der Waals surface area (Å²) in [5, 5.41) is 3.87. The molecule has 0 saturated carbocycles. The van der Waals surface area contributed by atoms with Gasteiger partial charge in [-0.05, 0) is 83.7 Å². The van der Waals surface area contributed by atoms with Gasteiger partial charge in [0.15, 0.2) is 0 Å². The standard InChI is InChI=1S/C44H28N2O2/c1-27-18-21-32-33-22-19-29(25-41(33)47-40(32)24-27)30-20-23-34-35-13-9-14-36(43(35)48-42(34)26-30)44-45-37-15-6-8-17-39(37)46(44)38-16-7-5-12-31(38)28-10-3-2-4-11-28/h2-26H,1H3/i1D3. The average molecular weight is 620 g/mol. The van der Waals surface area contributed by atoms with Gasteiger partial charge in [0, 0.05) is 31.2 Å². The molecule has 0 atom stereocenters. The maximum atomic E-state index is 7.79. The van der Waals surface area contributed by atoms with Crippen LogP contribution in [-0.4, -0.2) is 9.55 Å². The molecule has 0 amide bonds. The van der Waals surface area contributed by atoms with Crippen LogP contribution in [0.4, 0.5) is 0 Å². The molecule has 0 fully saturated rings. The number of imidazole rings is 1. The Kier molecular flexibility index (Phi) is 5.13. The molecule has 3 heterocycles. The van der Waals surface area contributed by atoms with E-state index < -0.39 is 6.85 Å². The number of rotatable bonds is 4. The van der Waals surface area contributed by atoms with Crippen molar-refractivity contribution in [3.63, 3.8) is 0 Å². The molecule has 0 spiro atoms. The van der Waals surface area contributed by atoms with Gasteiger partial charge in [-0.25, -0.2) is 4.98 Å². The van der Waals surface area contributed by atoms with Crippen molar-refractivity contribution < 1.29 is 12.9 Å². The molecule has 0 saturated heterocycles. The van der Waals surface area contributed by atoms with E-state index in [9.17, 15) is 0 Å². The molecule has 3 aromatic heterocycles. The molecular formula is C44H28N2O2. The lowest BCUT2D eigenvalue weighted by molar-refractivity contribution is 0.668. The Morgan fingerprint density at radius 3 is 2.02 bits per heavy atom. The Hall–Kier alpha value is -6.39. The highest BCUT2D eigenvalue weighted by molar-refractivity contribution is 6.11. The van der Waals surface area contributed by atoms with Crippen LogP contribution < -0.4 is 0 Å². The van der Waals surface area contributed by atoms with Crippen LogP contribution in [0.25, 0.3) is 94.2 Å². The van der Waals surface area contributed by atoms with Crippen molar-refractivity contribution in [2.24, 2.45) is 0 Å². The van der Waals surface area contributed by atoms with Crippen molar-refractivity contribution in [2.75, 3.05) is 0 Å². The van der Waals surface area contributed by atoms with E-state index in [0.29, 0.717) is 11.2 Å². The summed E-state index contributed by atoms with van der Waals surface area (Å²) < 4.78 is 38.5. The molecule has 0 unspecified atom stereocenters. The molecule has 4 nitrogen and oxygen atoms in total. The van der Waals surface area contributed by atoms with Crippen LogP contribution in [0.2, 0.25) is 0 Å². The monoisotopic (exact) mass is 619 g/mol. The van der Waals surface area contributed by atoms with Gasteiger partial charge in [-0.15, -0.1) is 0 Å². The van der Waals surface area contributed by atoms with Crippen molar-refractivity contribution in [2.45, 2.75) is 6.85 Å². The molecule has 10 rings (SSSR count). The molecule has 0 aliphatic rings. The van der Waals surface area contributed by atoms with Crippen LogP contribution in [0.15, 0.2) is 160 Å². The molecule has 0 aliphatic carbocycles. The van der Waals surface area contributed by atoms with Crippen LogP contribution in [0, 0.1) is 6.85 Å². The van der Waals surface area contributed by atoms with Crippen LogP contribution in [0.1, 0.15) is 9.68 Å². The van der Waals surface area contributed by atoms with Gasteiger partial charge in [0.25, 0.3) is 0 Å². The first-order valence-electron chi connectivity index (χ1n) is 17.5. The molecular weight excluding hydrogens is 588 g/mol. The first-order chi connectivity index (χ1) is 24.9. The summed E-state index contributed by atoms with van der Waals surface area (Å²) in [6, 6.07) is 50.9. The van der Waals surface area contributed by atoms with Crippen LogP contribution in [0.5, 0.6) is 0 Å². The summed E-state index contributed by atoms with van der Waals surface area (Å²) in [6.45, 7) is -2.19. The average Bonchev–Trinajstić information content (AvgIpc) is 3.85. The molecule has 0 N–H and O–H groups in total. The lowest BCUT2D eigenvalue weighted by Crippen LogP contribution is -2.00. The topological polar surface area (TPSA) is 44.1 Å². The van der Waals surface area contributed by atoms with Crippen LogP contribution in [-0.2, 0) is 0 Å². The second-order valence-corrected chi connectivity index (χ2v) is 12.2. The number of fused-ring (bicyclic) bond motifs is 7. The summed E-state index contributed by atoms with van der Waals surface area (Å²) in [5.74, 6) is 0.807. The fourth-order valence-electron chi connectivity index (χ4n) is 7.09. The minimum absolute atomic E-state index is 0.264. The fraction of sp³-hybridized carbons (Fsp3) is 0.0227. The van der Waals surface area contributed by atoms with Gasteiger partial charge in [0.2, 0.25) is 0 Å². The van der Waals surface area contributed by atoms with E-state index in [1.54, 1.807) is 12.1 Å². The SMILES string of the molecule is [2H]C([2H])([2H])c1ccc2c(c1)oc1cc(-c3ccc4c(c3)oc3c(-c5nc6ccccc6n5-c5ccccc5-c5ccccc5)cccc34)ccc12. The third-order valence-corrected chi connectivity index (χ3v) is 9.34. The zero-order valence-electron chi connectivity index (χ0n) is 28.6. The summed E-state index contributed by atoms with van der Waals surface area (Å²) in [5.41, 5.74) is 11.1. The van der Waals surface area contributed by atoms with Gasteiger partial charge in [0.05, 0.1) is 22.3 Å². The Bertz CT molecular complexity index is 2970. The predicted octanol–water partition coefficient (Wildman–Crippen LogP) is 12.1. The smallest absolute Gasteiger partial charge is 0.149 e. The Morgan fingerprint density at radius 1 is 0.521 bits per heavy atom. The van der Waals surface area contributed by atoms with E-state index in [1.807, 2.05) is 30.3 Å². The lowest BCUT2D eigenvalue weighted by Gasteiger charge is -2.15. The van der Waals surface area contributed by atoms with E-state index in [1.165, 1.54) is 0 Å². The van der Waals surface area contributed by atoms with Crippen molar-refractivity contribution in [1.29, 1.82) is 0 Å². The van der Waals surface area contributed by atoms with Crippen LogP contribution in [0.3, 0.4) is 0 Å². The van der Waals surface area contributed by atoms with E-state index in [-0.39, 0.29) is 5.56 Å². The molecule has 0 radical (unpaired) electrons. The molecule has 7 aromatic carbocycles. The highest BCUT2D eigenvalue weighted by atomic mass is 16.3. The molecule has 10 aromatic rings. The van der Waals surface area contributed by atoms with E-state index in [4.69, 9.17) is 17.9 Å². The Morgan fingerprint density at radius 2 is 1.19 bits per heavy atom. The molecule has 0 bridgehead atoms. The van der Waals surface area contributed by atoms with Crippen molar-refractivity contribution in [3.05, 3.63) is 157 Å². The highest BCUT2D eigenvalue weighted by Gasteiger charge is 2.21. The van der Waals surface area contributed by atoms with E-state index >= 15 is 0 Å². The Balaban J connectivity index is 1.12. The summed E-state index contributed by atoms with van der Waals surface area (Å²) in [4.78, 5) is 5.21. The normalized spacial score (nSPS) is 13.0. The largest absolute Gasteiger partial charge is 0.456 e. The molecule has 4 heteroatoms. The fourth-order valence-corrected chi connectivity index (χ4v) is 7.09. The molecule has 226 valence electrons. The number of nitrogens with zero attached hydrogens (tertiary/aromatic N) is 2. The first kappa shape index (κ1) is 23.9. The van der Waals surface area contributed by atoms with Crippen molar-refractivity contribution in [1.82, 2.24) is 9.55 Å². The first-order valence-corrected chi connectivity index (χ1v) is 16.0. The van der Waals surface area contributed by atoms with Crippen LogP contribution >= 0.6 is 0 Å². The van der Waals surface area contributed by atoms with Gasteiger partial charge in [-0.3, -0.25) is 4.57 Å². The van der Waals surface area contributed by atoms with Crippen molar-refractivity contribution >= 4 is 54.9 Å². The second-order valence-electron chi connectivity index (χ2n) is 12.2.